The van der Waals surface area contributed by atoms with Gasteiger partial charge in [0.15, 0.2) is 5.11 Å². The van der Waals surface area contributed by atoms with Crippen LogP contribution in [-0.2, 0) is 9.59 Å². The summed E-state index contributed by atoms with van der Waals surface area (Å²) in [5.41, 5.74) is 0.688. The molecule has 0 aliphatic carbocycles. The van der Waals surface area contributed by atoms with Gasteiger partial charge in [-0.1, -0.05) is 31.2 Å². The third-order valence-corrected chi connectivity index (χ3v) is 3.94. The number of carbonyl (C=O) groups excluding carboxylic acids is 2. The van der Waals surface area contributed by atoms with Crippen LogP contribution in [0.5, 0.6) is 5.75 Å². The summed E-state index contributed by atoms with van der Waals surface area (Å²) in [7, 11) is 0. The van der Waals surface area contributed by atoms with Gasteiger partial charge < -0.3 is 4.74 Å². The van der Waals surface area contributed by atoms with E-state index in [0.717, 1.165) is 6.42 Å². The lowest BCUT2D eigenvalue weighted by molar-refractivity contribution is -0.128. The molecular formula is C18H20N2O3S. The highest BCUT2D eigenvalue weighted by Crippen LogP contribution is 2.24. The fraction of sp³-hybridized carbons (Fsp3) is 0.278. The zero-order valence-corrected chi connectivity index (χ0v) is 14.6. The first-order chi connectivity index (χ1) is 11.5. The van der Waals surface area contributed by atoms with Crippen LogP contribution in [0.3, 0.4) is 0 Å². The van der Waals surface area contributed by atoms with Crippen LogP contribution in [0.1, 0.15) is 25.8 Å². The van der Waals surface area contributed by atoms with E-state index in [1.807, 2.05) is 32.0 Å². The number of amides is 2. The van der Waals surface area contributed by atoms with E-state index in [0.29, 0.717) is 11.3 Å². The molecule has 1 atom stereocenters. The highest BCUT2D eigenvalue weighted by Gasteiger charge is 2.32. The minimum absolute atomic E-state index is 0.0191. The summed E-state index contributed by atoms with van der Waals surface area (Å²) in [4.78, 5) is 26.0. The maximum Gasteiger partial charge on any atom is 0.265 e. The second-order valence-corrected chi connectivity index (χ2v) is 5.78. The van der Waals surface area contributed by atoms with Crippen molar-refractivity contribution in [2.75, 3.05) is 6.54 Å². The van der Waals surface area contributed by atoms with Crippen molar-refractivity contribution in [2.45, 2.75) is 26.4 Å². The van der Waals surface area contributed by atoms with E-state index in [-0.39, 0.29) is 23.3 Å². The topological polar surface area (TPSA) is 58.6 Å². The van der Waals surface area contributed by atoms with Gasteiger partial charge in [-0.15, -0.1) is 6.58 Å². The first kappa shape index (κ1) is 17.9. The number of rotatable bonds is 6. The summed E-state index contributed by atoms with van der Waals surface area (Å²) in [6, 6.07) is 7.29. The van der Waals surface area contributed by atoms with Crippen molar-refractivity contribution >= 4 is 35.2 Å². The lowest BCUT2D eigenvalue weighted by Gasteiger charge is -2.28. The zero-order chi connectivity index (χ0) is 17.7. The van der Waals surface area contributed by atoms with Gasteiger partial charge in [0.2, 0.25) is 0 Å². The molecule has 1 aliphatic heterocycles. The average molecular weight is 344 g/mol. The van der Waals surface area contributed by atoms with Crippen LogP contribution in [0.15, 0.2) is 42.5 Å². The van der Waals surface area contributed by atoms with Crippen molar-refractivity contribution in [3.05, 3.63) is 48.1 Å². The lowest BCUT2D eigenvalue weighted by atomic mass is 10.1. The number of hydrogen-bond acceptors (Lipinski definition) is 4. The largest absolute Gasteiger partial charge is 0.490 e. The molecule has 24 heavy (non-hydrogen) atoms. The van der Waals surface area contributed by atoms with Crippen molar-refractivity contribution < 1.29 is 14.3 Å². The molecule has 0 bridgehead atoms. The normalized spacial score (nSPS) is 17.7. The van der Waals surface area contributed by atoms with Crippen molar-refractivity contribution in [3.8, 4) is 5.75 Å². The molecule has 0 radical (unpaired) electrons. The van der Waals surface area contributed by atoms with Crippen LogP contribution < -0.4 is 10.1 Å². The molecule has 1 aromatic rings. The molecule has 1 heterocycles. The van der Waals surface area contributed by atoms with E-state index in [1.54, 1.807) is 12.1 Å². The highest BCUT2D eigenvalue weighted by molar-refractivity contribution is 7.80. The lowest BCUT2D eigenvalue weighted by Crippen LogP contribution is -2.53. The van der Waals surface area contributed by atoms with E-state index < -0.39 is 11.8 Å². The Balaban J connectivity index is 2.39. The standard InChI is InChI=1S/C18H20N2O3S/c1-4-10-20-17(22)14(16(21)19-18(20)24)11-13-8-6-7-9-15(13)23-12(3)5-2/h4,6-9,11-12H,1,5,10H2,2-3H3,(H,19,21,24)/b14-11+/t12-/m0/s1. The maximum absolute atomic E-state index is 12.6. The van der Waals surface area contributed by atoms with Crippen LogP contribution in [0.2, 0.25) is 0 Å². The van der Waals surface area contributed by atoms with Crippen LogP contribution in [-0.4, -0.2) is 34.5 Å². The Bertz CT molecular complexity index is 712. The van der Waals surface area contributed by atoms with Gasteiger partial charge in [-0.05, 0) is 37.7 Å². The number of carbonyl (C=O) groups is 2. The number of nitrogens with one attached hydrogen (secondary N) is 1. The molecule has 0 spiro atoms. The van der Waals surface area contributed by atoms with Crippen molar-refractivity contribution in [2.24, 2.45) is 0 Å². The van der Waals surface area contributed by atoms with Crippen molar-refractivity contribution in [3.63, 3.8) is 0 Å². The molecule has 1 fully saturated rings. The average Bonchev–Trinajstić information content (AvgIpc) is 2.56. The molecule has 6 heteroatoms. The second-order valence-electron chi connectivity index (χ2n) is 5.40. The third-order valence-electron chi connectivity index (χ3n) is 3.62. The van der Waals surface area contributed by atoms with Gasteiger partial charge >= 0.3 is 0 Å². The molecule has 126 valence electrons. The molecule has 1 aliphatic rings. The third kappa shape index (κ3) is 3.89. The Morgan fingerprint density at radius 2 is 2.08 bits per heavy atom. The molecule has 0 aromatic heterocycles. The molecule has 1 saturated heterocycles. The SMILES string of the molecule is C=CCN1C(=O)/C(=C/c2ccccc2O[C@@H](C)CC)C(=O)NC1=S. The Kier molecular flexibility index (Phi) is 5.87. The van der Waals surface area contributed by atoms with Crippen molar-refractivity contribution in [1.29, 1.82) is 0 Å². The number of nitrogens with zero attached hydrogens (tertiary/aromatic N) is 1. The van der Waals surface area contributed by atoms with Gasteiger partial charge in [0.05, 0.1) is 6.10 Å². The maximum atomic E-state index is 12.6. The molecule has 2 rings (SSSR count). The Hall–Kier alpha value is -2.47. The van der Waals surface area contributed by atoms with Gasteiger partial charge in [0.25, 0.3) is 11.8 Å². The number of ether oxygens (including phenoxy) is 1. The van der Waals surface area contributed by atoms with Crippen LogP contribution in [0.4, 0.5) is 0 Å². The molecule has 1 N–H and O–H groups in total. The number of para-hydroxylation sites is 1. The monoisotopic (exact) mass is 344 g/mol. The molecule has 0 saturated carbocycles. The number of thiocarbonyl (C=S) groups is 1. The van der Waals surface area contributed by atoms with Gasteiger partial charge in [0, 0.05) is 12.1 Å². The van der Waals surface area contributed by atoms with Gasteiger partial charge in [-0.25, -0.2) is 0 Å². The molecule has 5 nitrogen and oxygen atoms in total. The van der Waals surface area contributed by atoms with E-state index in [2.05, 4.69) is 11.9 Å². The van der Waals surface area contributed by atoms with Gasteiger partial charge in [0.1, 0.15) is 11.3 Å². The summed E-state index contributed by atoms with van der Waals surface area (Å²) < 4.78 is 5.86. The number of benzene rings is 1. The van der Waals surface area contributed by atoms with Crippen LogP contribution in [0, 0.1) is 0 Å². The highest BCUT2D eigenvalue weighted by atomic mass is 32.1. The Labute approximate surface area is 147 Å². The molecule has 2 amide bonds. The fourth-order valence-corrected chi connectivity index (χ4v) is 2.40. The van der Waals surface area contributed by atoms with E-state index in [9.17, 15) is 9.59 Å². The summed E-state index contributed by atoms with van der Waals surface area (Å²) >= 11 is 5.04. The van der Waals surface area contributed by atoms with Crippen LogP contribution >= 0.6 is 12.2 Å². The summed E-state index contributed by atoms with van der Waals surface area (Å²) in [5, 5.41) is 2.62. The first-order valence-electron chi connectivity index (χ1n) is 7.73. The minimum Gasteiger partial charge on any atom is -0.490 e. The van der Waals surface area contributed by atoms with Crippen LogP contribution in [0.25, 0.3) is 6.08 Å². The molecule has 1 aromatic carbocycles. The summed E-state index contributed by atoms with van der Waals surface area (Å²) in [6.07, 6.45) is 3.98. The van der Waals surface area contributed by atoms with E-state index in [4.69, 9.17) is 17.0 Å². The second kappa shape index (κ2) is 7.88. The Morgan fingerprint density at radius 1 is 1.38 bits per heavy atom. The fourth-order valence-electron chi connectivity index (χ4n) is 2.15. The smallest absolute Gasteiger partial charge is 0.265 e. The summed E-state index contributed by atoms with van der Waals surface area (Å²) in [6.45, 7) is 7.83. The van der Waals surface area contributed by atoms with E-state index >= 15 is 0 Å². The van der Waals surface area contributed by atoms with Gasteiger partial charge in [-0.3, -0.25) is 19.8 Å². The minimum atomic E-state index is -0.511. The Morgan fingerprint density at radius 3 is 2.75 bits per heavy atom. The predicted molar refractivity (Wildman–Crippen MR) is 97.5 cm³/mol. The zero-order valence-electron chi connectivity index (χ0n) is 13.7. The quantitative estimate of drug-likeness (QED) is 0.373. The summed E-state index contributed by atoms with van der Waals surface area (Å²) in [5.74, 6) is -0.325. The van der Waals surface area contributed by atoms with Crippen molar-refractivity contribution in [1.82, 2.24) is 10.2 Å². The predicted octanol–water partition coefficient (Wildman–Crippen LogP) is 2.68. The first-order valence-corrected chi connectivity index (χ1v) is 8.14. The van der Waals surface area contributed by atoms with E-state index in [1.165, 1.54) is 11.0 Å². The molecule has 0 unspecified atom stereocenters. The number of hydrogen-bond donors (Lipinski definition) is 1. The molecular weight excluding hydrogens is 324 g/mol. The van der Waals surface area contributed by atoms with Gasteiger partial charge in [-0.2, -0.15) is 0 Å².